The molecule has 0 saturated heterocycles. The van der Waals surface area contributed by atoms with Crippen LogP contribution in [0.2, 0.25) is 0 Å². The highest BCUT2D eigenvalue weighted by atomic mass is 16.5. The third kappa shape index (κ3) is 8.72. The van der Waals surface area contributed by atoms with Crippen molar-refractivity contribution in [2.75, 3.05) is 13.2 Å². The van der Waals surface area contributed by atoms with E-state index in [1.807, 2.05) is 0 Å². The summed E-state index contributed by atoms with van der Waals surface area (Å²) < 4.78 is 11.4. The number of hydrogen-bond donors (Lipinski definition) is 0. The zero-order valence-corrected chi connectivity index (χ0v) is 16.4. The van der Waals surface area contributed by atoms with Crippen LogP contribution in [0.15, 0.2) is 12.1 Å². The summed E-state index contributed by atoms with van der Waals surface area (Å²) in [5.74, 6) is 0. The van der Waals surface area contributed by atoms with Crippen LogP contribution in [-0.4, -0.2) is 25.8 Å². The molecule has 0 bridgehead atoms. The van der Waals surface area contributed by atoms with Gasteiger partial charge >= 0.3 is 0 Å². The Balaban J connectivity index is 2.56. The van der Waals surface area contributed by atoms with Crippen molar-refractivity contribution in [1.29, 1.82) is 0 Å². The van der Waals surface area contributed by atoms with Crippen molar-refractivity contribution in [2.24, 2.45) is 0 Å². The Morgan fingerprint density at radius 3 is 1.46 bits per heavy atom. The molecule has 0 saturated carbocycles. The molecule has 0 radical (unpaired) electrons. The molecule has 0 aliphatic carbocycles. The van der Waals surface area contributed by atoms with Crippen LogP contribution in [0.4, 0.5) is 0 Å². The standard InChI is InChI=1S/C22H34O4/c1-3-5-7-9-11-25-17-21-13-20(16-24)22(14-19(21)15-23)18-26-12-10-8-6-4-2/h13-16H,3-12,17-18H2,1-2H3. The fourth-order valence-corrected chi connectivity index (χ4v) is 2.82. The molecule has 0 spiro atoms. The second-order valence-electron chi connectivity index (χ2n) is 6.71. The van der Waals surface area contributed by atoms with Crippen molar-refractivity contribution >= 4 is 12.6 Å². The first-order chi connectivity index (χ1) is 12.8. The molecule has 1 rings (SSSR count). The lowest BCUT2D eigenvalue weighted by molar-refractivity contribution is 0.106. The van der Waals surface area contributed by atoms with Crippen LogP contribution in [0.25, 0.3) is 0 Å². The van der Waals surface area contributed by atoms with Gasteiger partial charge < -0.3 is 9.47 Å². The van der Waals surface area contributed by atoms with Gasteiger partial charge in [0, 0.05) is 24.3 Å². The lowest BCUT2D eigenvalue weighted by Gasteiger charge is -2.12. The number of rotatable bonds is 16. The SMILES string of the molecule is CCCCCCOCc1cc(C=O)c(COCCCCCC)cc1C=O. The summed E-state index contributed by atoms with van der Waals surface area (Å²) in [7, 11) is 0. The molecule has 4 nitrogen and oxygen atoms in total. The van der Waals surface area contributed by atoms with Crippen LogP contribution in [0.5, 0.6) is 0 Å². The summed E-state index contributed by atoms with van der Waals surface area (Å²) in [4.78, 5) is 22.8. The summed E-state index contributed by atoms with van der Waals surface area (Å²) in [5, 5.41) is 0. The molecule has 0 N–H and O–H groups in total. The Labute approximate surface area is 158 Å². The molecule has 146 valence electrons. The predicted octanol–water partition coefficient (Wildman–Crippen LogP) is 5.51. The van der Waals surface area contributed by atoms with Gasteiger partial charge in [-0.2, -0.15) is 0 Å². The molecule has 0 fully saturated rings. The van der Waals surface area contributed by atoms with E-state index in [0.717, 1.165) is 49.4 Å². The fraction of sp³-hybridized carbons (Fsp3) is 0.636. The molecule has 0 amide bonds. The topological polar surface area (TPSA) is 52.6 Å². The van der Waals surface area contributed by atoms with E-state index in [2.05, 4.69) is 13.8 Å². The van der Waals surface area contributed by atoms with E-state index in [1.54, 1.807) is 12.1 Å². The molecule has 0 aromatic heterocycles. The minimum Gasteiger partial charge on any atom is -0.377 e. The average molecular weight is 363 g/mol. The van der Waals surface area contributed by atoms with Gasteiger partial charge in [-0.1, -0.05) is 52.4 Å². The van der Waals surface area contributed by atoms with Crippen molar-refractivity contribution in [3.8, 4) is 0 Å². The number of ether oxygens (including phenoxy) is 2. The van der Waals surface area contributed by atoms with Gasteiger partial charge in [0.1, 0.15) is 12.6 Å². The van der Waals surface area contributed by atoms with Crippen molar-refractivity contribution in [2.45, 2.75) is 78.4 Å². The second-order valence-corrected chi connectivity index (χ2v) is 6.71. The number of aldehydes is 2. The first-order valence-electron chi connectivity index (χ1n) is 9.98. The van der Waals surface area contributed by atoms with Gasteiger partial charge in [-0.3, -0.25) is 9.59 Å². The summed E-state index contributed by atoms with van der Waals surface area (Å²) in [5.41, 5.74) is 2.69. The van der Waals surface area contributed by atoms with E-state index in [1.165, 1.54) is 25.7 Å². The highest BCUT2D eigenvalue weighted by molar-refractivity contribution is 5.83. The number of benzene rings is 1. The Morgan fingerprint density at radius 1 is 0.692 bits per heavy atom. The van der Waals surface area contributed by atoms with Crippen molar-refractivity contribution in [1.82, 2.24) is 0 Å². The number of unbranched alkanes of at least 4 members (excludes halogenated alkanes) is 6. The minimum absolute atomic E-state index is 0.360. The van der Waals surface area contributed by atoms with Gasteiger partial charge in [-0.05, 0) is 36.1 Å². The van der Waals surface area contributed by atoms with Gasteiger partial charge in [0.2, 0.25) is 0 Å². The highest BCUT2D eigenvalue weighted by Crippen LogP contribution is 2.18. The summed E-state index contributed by atoms with van der Waals surface area (Å²) in [6.07, 6.45) is 10.8. The van der Waals surface area contributed by atoms with E-state index in [-0.39, 0.29) is 0 Å². The summed E-state index contributed by atoms with van der Waals surface area (Å²) in [6.45, 7) is 6.43. The molecule has 0 heterocycles. The Bertz CT molecular complexity index is 477. The van der Waals surface area contributed by atoms with E-state index in [0.29, 0.717) is 37.6 Å². The normalized spacial score (nSPS) is 10.8. The quantitative estimate of drug-likeness (QED) is 0.287. The van der Waals surface area contributed by atoms with E-state index in [4.69, 9.17) is 9.47 Å². The van der Waals surface area contributed by atoms with Crippen LogP contribution in [0.3, 0.4) is 0 Å². The number of hydrogen-bond acceptors (Lipinski definition) is 4. The zero-order valence-electron chi connectivity index (χ0n) is 16.4. The molecule has 0 unspecified atom stereocenters. The van der Waals surface area contributed by atoms with Crippen LogP contribution >= 0.6 is 0 Å². The fourth-order valence-electron chi connectivity index (χ4n) is 2.82. The Kier molecular flexibility index (Phi) is 12.7. The van der Waals surface area contributed by atoms with Crippen molar-refractivity contribution < 1.29 is 19.1 Å². The van der Waals surface area contributed by atoms with Gasteiger partial charge in [0.25, 0.3) is 0 Å². The first kappa shape index (κ1) is 22.5. The minimum atomic E-state index is 0.360. The molecule has 1 aromatic carbocycles. The van der Waals surface area contributed by atoms with Crippen molar-refractivity contribution in [3.05, 3.63) is 34.4 Å². The van der Waals surface area contributed by atoms with Crippen molar-refractivity contribution in [3.63, 3.8) is 0 Å². The van der Waals surface area contributed by atoms with Gasteiger partial charge in [-0.25, -0.2) is 0 Å². The second kappa shape index (κ2) is 14.6. The largest absolute Gasteiger partial charge is 0.377 e. The highest BCUT2D eigenvalue weighted by Gasteiger charge is 2.10. The van der Waals surface area contributed by atoms with E-state index >= 15 is 0 Å². The number of carbonyl (C=O) groups is 2. The average Bonchev–Trinajstić information content (AvgIpc) is 2.67. The monoisotopic (exact) mass is 362 g/mol. The summed E-state index contributed by atoms with van der Waals surface area (Å²) in [6, 6.07) is 3.52. The lowest BCUT2D eigenvalue weighted by Crippen LogP contribution is -2.05. The molecule has 0 aliphatic heterocycles. The maximum atomic E-state index is 11.4. The van der Waals surface area contributed by atoms with E-state index < -0.39 is 0 Å². The summed E-state index contributed by atoms with van der Waals surface area (Å²) >= 11 is 0. The van der Waals surface area contributed by atoms with Crippen LogP contribution < -0.4 is 0 Å². The van der Waals surface area contributed by atoms with Gasteiger partial charge in [-0.15, -0.1) is 0 Å². The maximum absolute atomic E-state index is 11.4. The van der Waals surface area contributed by atoms with Gasteiger partial charge in [0.05, 0.1) is 13.2 Å². The Morgan fingerprint density at radius 2 is 1.12 bits per heavy atom. The molecular formula is C22H34O4. The molecule has 0 atom stereocenters. The predicted molar refractivity (Wildman–Crippen MR) is 105 cm³/mol. The molecule has 26 heavy (non-hydrogen) atoms. The smallest absolute Gasteiger partial charge is 0.150 e. The third-order valence-corrected chi connectivity index (χ3v) is 4.45. The van der Waals surface area contributed by atoms with Crippen LogP contribution in [-0.2, 0) is 22.7 Å². The van der Waals surface area contributed by atoms with E-state index in [9.17, 15) is 9.59 Å². The first-order valence-corrected chi connectivity index (χ1v) is 9.98. The van der Waals surface area contributed by atoms with Crippen LogP contribution in [0, 0.1) is 0 Å². The maximum Gasteiger partial charge on any atom is 0.150 e. The lowest BCUT2D eigenvalue weighted by atomic mass is 10.00. The third-order valence-electron chi connectivity index (χ3n) is 4.45. The zero-order chi connectivity index (χ0) is 19.0. The Hall–Kier alpha value is -1.52. The molecular weight excluding hydrogens is 328 g/mol. The number of carbonyl (C=O) groups excluding carboxylic acids is 2. The van der Waals surface area contributed by atoms with Crippen LogP contribution in [0.1, 0.15) is 97.1 Å². The van der Waals surface area contributed by atoms with Gasteiger partial charge in [0.15, 0.2) is 0 Å². The molecule has 4 heteroatoms. The molecule has 0 aliphatic rings. The molecule has 1 aromatic rings.